The summed E-state index contributed by atoms with van der Waals surface area (Å²) in [6.07, 6.45) is 2.54. The van der Waals surface area contributed by atoms with Crippen molar-refractivity contribution in [2.45, 2.75) is 13.3 Å². The van der Waals surface area contributed by atoms with Gasteiger partial charge in [0.1, 0.15) is 11.4 Å². The molecule has 2 N–H and O–H groups in total. The van der Waals surface area contributed by atoms with Gasteiger partial charge in [-0.15, -0.1) is 0 Å². The molecule has 0 saturated heterocycles. The lowest BCUT2D eigenvalue weighted by Crippen LogP contribution is -2.17. The number of nitrogens with one attached hydrogen (secondary N) is 2. The number of hydrogen-bond acceptors (Lipinski definition) is 4. The molecule has 0 saturated carbocycles. The van der Waals surface area contributed by atoms with Crippen molar-refractivity contribution in [1.29, 1.82) is 0 Å². The number of carbonyl (C=O) groups is 1. The van der Waals surface area contributed by atoms with Crippen LogP contribution in [0.1, 0.15) is 29.4 Å². The second-order valence-corrected chi connectivity index (χ2v) is 6.71. The molecule has 1 amide bonds. The molecule has 0 atom stereocenters. The average molecular weight is 427 g/mol. The smallest absolute Gasteiger partial charge is 0.289 e. The largest absolute Gasteiger partial charge is 0.494 e. The first-order valence-electron chi connectivity index (χ1n) is 8.53. The molecule has 0 bridgehead atoms. The first-order valence-corrected chi connectivity index (χ1v) is 9.32. The van der Waals surface area contributed by atoms with Gasteiger partial charge in [0.25, 0.3) is 5.91 Å². The first kappa shape index (κ1) is 18.8. The third-order valence-corrected chi connectivity index (χ3v) is 4.22. The van der Waals surface area contributed by atoms with E-state index in [0.29, 0.717) is 18.0 Å². The molecule has 0 fully saturated rings. The maximum atomic E-state index is 12.2. The van der Waals surface area contributed by atoms with E-state index in [0.717, 1.165) is 27.8 Å². The maximum Gasteiger partial charge on any atom is 0.289 e. The highest BCUT2D eigenvalue weighted by Crippen LogP contribution is 2.21. The predicted octanol–water partition coefficient (Wildman–Crippen LogP) is 4.39. The van der Waals surface area contributed by atoms with E-state index in [-0.39, 0.29) is 5.91 Å². The fraction of sp³-hybridized carbons (Fsp3) is 0.150. The van der Waals surface area contributed by atoms with Gasteiger partial charge in [0.15, 0.2) is 0 Å². The quantitative estimate of drug-likeness (QED) is 0.434. The molecule has 1 heterocycles. The molecule has 0 aliphatic heterocycles. The second-order valence-electron chi connectivity index (χ2n) is 5.79. The first-order chi connectivity index (χ1) is 13.2. The van der Waals surface area contributed by atoms with E-state index in [9.17, 15) is 4.79 Å². The number of ether oxygens (including phenoxy) is 1. The molecule has 2 aromatic carbocycles. The summed E-state index contributed by atoms with van der Waals surface area (Å²) < 4.78 is 6.55. The van der Waals surface area contributed by atoms with E-state index < -0.39 is 0 Å². The summed E-state index contributed by atoms with van der Waals surface area (Å²) in [5, 5.41) is 10.9. The summed E-state index contributed by atoms with van der Waals surface area (Å²) in [6, 6.07) is 16.9. The molecule has 0 unspecified atom stereocenters. The van der Waals surface area contributed by atoms with Crippen LogP contribution in [0.4, 0.5) is 0 Å². The fourth-order valence-corrected chi connectivity index (χ4v) is 2.57. The lowest BCUT2D eigenvalue weighted by Gasteiger charge is -2.04. The molecule has 138 valence electrons. The van der Waals surface area contributed by atoms with Gasteiger partial charge < -0.3 is 4.74 Å². The van der Waals surface area contributed by atoms with Crippen LogP contribution in [0.3, 0.4) is 0 Å². The number of rotatable bonds is 7. The molecule has 0 radical (unpaired) electrons. The van der Waals surface area contributed by atoms with Crippen LogP contribution < -0.4 is 10.2 Å². The van der Waals surface area contributed by atoms with E-state index in [2.05, 4.69) is 43.6 Å². The molecular formula is C20H19BrN4O2. The normalized spacial score (nSPS) is 10.9. The standard InChI is InChI=1S/C20H19BrN4O2/c1-2-11-27-17-9-5-15(6-10-17)18-12-19(24-23-18)20(26)25-22-13-14-3-7-16(21)8-4-14/h3-10,12-13H,2,11H2,1H3,(H,23,24)(H,25,26)/b22-13+. The Balaban J connectivity index is 1.61. The molecule has 27 heavy (non-hydrogen) atoms. The summed E-state index contributed by atoms with van der Waals surface area (Å²) >= 11 is 3.37. The minimum atomic E-state index is -0.356. The lowest BCUT2D eigenvalue weighted by atomic mass is 10.1. The Labute approximate surface area is 165 Å². The van der Waals surface area contributed by atoms with Gasteiger partial charge in [0, 0.05) is 10.0 Å². The number of hydrogen-bond donors (Lipinski definition) is 2. The van der Waals surface area contributed by atoms with E-state index in [4.69, 9.17) is 4.74 Å². The van der Waals surface area contributed by atoms with Gasteiger partial charge in [-0.3, -0.25) is 9.89 Å². The highest BCUT2D eigenvalue weighted by molar-refractivity contribution is 9.10. The molecule has 0 spiro atoms. The van der Waals surface area contributed by atoms with E-state index >= 15 is 0 Å². The van der Waals surface area contributed by atoms with Gasteiger partial charge in [-0.1, -0.05) is 35.0 Å². The van der Waals surface area contributed by atoms with Crippen molar-refractivity contribution in [2.24, 2.45) is 5.10 Å². The van der Waals surface area contributed by atoms with Gasteiger partial charge in [-0.2, -0.15) is 10.2 Å². The van der Waals surface area contributed by atoms with Crippen LogP contribution in [-0.2, 0) is 0 Å². The number of carbonyl (C=O) groups excluding carboxylic acids is 1. The van der Waals surface area contributed by atoms with Crippen LogP contribution in [0.5, 0.6) is 5.75 Å². The van der Waals surface area contributed by atoms with Gasteiger partial charge in [-0.05, 0) is 54.4 Å². The number of halogens is 1. The number of aromatic amines is 1. The second kappa shape index (κ2) is 9.14. The number of aromatic nitrogens is 2. The molecular weight excluding hydrogens is 408 g/mol. The summed E-state index contributed by atoms with van der Waals surface area (Å²) in [6.45, 7) is 2.75. The van der Waals surface area contributed by atoms with Crippen LogP contribution in [0.2, 0.25) is 0 Å². The minimum absolute atomic E-state index is 0.337. The van der Waals surface area contributed by atoms with Crippen LogP contribution in [0, 0.1) is 0 Å². The molecule has 3 aromatic rings. The molecule has 0 aliphatic carbocycles. The zero-order chi connectivity index (χ0) is 19.1. The molecule has 3 rings (SSSR count). The highest BCUT2D eigenvalue weighted by Gasteiger charge is 2.10. The zero-order valence-corrected chi connectivity index (χ0v) is 16.4. The Morgan fingerprint density at radius 3 is 2.67 bits per heavy atom. The van der Waals surface area contributed by atoms with E-state index in [1.54, 1.807) is 12.3 Å². The topological polar surface area (TPSA) is 79.4 Å². The number of nitrogens with zero attached hydrogens (tertiary/aromatic N) is 2. The highest BCUT2D eigenvalue weighted by atomic mass is 79.9. The minimum Gasteiger partial charge on any atom is -0.494 e. The zero-order valence-electron chi connectivity index (χ0n) is 14.8. The Hall–Kier alpha value is -2.93. The van der Waals surface area contributed by atoms with Crippen molar-refractivity contribution in [1.82, 2.24) is 15.6 Å². The molecule has 6 nitrogen and oxygen atoms in total. The van der Waals surface area contributed by atoms with Gasteiger partial charge in [0.05, 0.1) is 18.5 Å². The summed E-state index contributed by atoms with van der Waals surface area (Å²) in [5.41, 5.74) is 5.28. The molecule has 1 aromatic heterocycles. The lowest BCUT2D eigenvalue weighted by molar-refractivity contribution is 0.0950. The Bertz CT molecular complexity index is 918. The van der Waals surface area contributed by atoms with Gasteiger partial charge in [0.2, 0.25) is 0 Å². The van der Waals surface area contributed by atoms with Gasteiger partial charge >= 0.3 is 0 Å². The Morgan fingerprint density at radius 1 is 1.22 bits per heavy atom. The van der Waals surface area contributed by atoms with Crippen molar-refractivity contribution in [2.75, 3.05) is 6.61 Å². The van der Waals surface area contributed by atoms with E-state index in [1.165, 1.54) is 0 Å². The van der Waals surface area contributed by atoms with Crippen molar-refractivity contribution in [3.63, 3.8) is 0 Å². The van der Waals surface area contributed by atoms with Crippen LogP contribution in [-0.4, -0.2) is 28.9 Å². The molecule has 7 heteroatoms. The Kier molecular flexibility index (Phi) is 6.38. The average Bonchev–Trinajstić information content (AvgIpc) is 3.18. The number of benzene rings is 2. The van der Waals surface area contributed by atoms with Crippen LogP contribution in [0.25, 0.3) is 11.3 Å². The summed E-state index contributed by atoms with van der Waals surface area (Å²) in [5.74, 6) is 0.460. The van der Waals surface area contributed by atoms with Crippen molar-refractivity contribution < 1.29 is 9.53 Å². The van der Waals surface area contributed by atoms with Crippen LogP contribution in [0.15, 0.2) is 64.2 Å². The summed E-state index contributed by atoms with van der Waals surface area (Å²) in [4.78, 5) is 12.2. The van der Waals surface area contributed by atoms with Crippen molar-refractivity contribution >= 4 is 28.1 Å². The number of hydrazone groups is 1. The van der Waals surface area contributed by atoms with Gasteiger partial charge in [-0.25, -0.2) is 5.43 Å². The SMILES string of the molecule is CCCOc1ccc(-c2cc(C(=O)N/N=C/c3ccc(Br)cc3)[nH]n2)cc1. The molecule has 0 aliphatic rings. The van der Waals surface area contributed by atoms with Crippen molar-refractivity contribution in [3.8, 4) is 17.0 Å². The number of amides is 1. The third kappa shape index (κ3) is 5.27. The monoisotopic (exact) mass is 426 g/mol. The third-order valence-electron chi connectivity index (χ3n) is 3.70. The van der Waals surface area contributed by atoms with Crippen molar-refractivity contribution in [3.05, 3.63) is 70.3 Å². The number of H-pyrrole nitrogens is 1. The van der Waals surface area contributed by atoms with E-state index in [1.807, 2.05) is 48.5 Å². The predicted molar refractivity (Wildman–Crippen MR) is 109 cm³/mol. The maximum absolute atomic E-state index is 12.2. The fourth-order valence-electron chi connectivity index (χ4n) is 2.30. The Morgan fingerprint density at radius 2 is 1.96 bits per heavy atom. The summed E-state index contributed by atoms with van der Waals surface area (Å²) in [7, 11) is 0. The van der Waals surface area contributed by atoms with Crippen LogP contribution >= 0.6 is 15.9 Å².